The van der Waals surface area contributed by atoms with Crippen LogP contribution in [-0.2, 0) is 9.53 Å². The molecule has 166 valence electrons. The van der Waals surface area contributed by atoms with Crippen molar-refractivity contribution < 1.29 is 9.53 Å². The Morgan fingerprint density at radius 1 is 1.26 bits per heavy atom. The predicted molar refractivity (Wildman–Crippen MR) is 123 cm³/mol. The van der Waals surface area contributed by atoms with Crippen molar-refractivity contribution in [2.45, 2.75) is 18.8 Å². The van der Waals surface area contributed by atoms with Gasteiger partial charge in [0, 0.05) is 63.0 Å². The van der Waals surface area contributed by atoms with Crippen molar-refractivity contribution in [3.63, 3.8) is 0 Å². The third-order valence-corrected chi connectivity index (χ3v) is 6.20. The number of carbonyl (C=O) groups excluding carboxylic acids is 1. The van der Waals surface area contributed by atoms with Crippen molar-refractivity contribution in [3.8, 4) is 11.1 Å². The molecule has 1 amide bonds. The fourth-order valence-electron chi connectivity index (χ4n) is 4.27. The van der Waals surface area contributed by atoms with Crippen LogP contribution in [0.15, 0.2) is 30.5 Å². The number of hydrogen-bond donors (Lipinski definition) is 0. The van der Waals surface area contributed by atoms with Crippen LogP contribution in [0, 0.1) is 0 Å². The zero-order valence-corrected chi connectivity index (χ0v) is 19.0. The number of hydrogen-bond acceptors (Lipinski definition) is 6. The predicted octanol–water partition coefficient (Wildman–Crippen LogP) is 2.90. The lowest BCUT2D eigenvalue weighted by molar-refractivity contribution is -0.134. The molecule has 0 saturated carbocycles. The monoisotopic (exact) mass is 443 g/mol. The van der Waals surface area contributed by atoms with Gasteiger partial charge in [-0.1, -0.05) is 23.7 Å². The van der Waals surface area contributed by atoms with E-state index in [1.807, 2.05) is 54.4 Å². The van der Waals surface area contributed by atoms with Gasteiger partial charge in [-0.05, 0) is 30.5 Å². The topological polar surface area (TPSA) is 61.8 Å². The van der Waals surface area contributed by atoms with Gasteiger partial charge in [0.2, 0.25) is 11.9 Å². The van der Waals surface area contributed by atoms with Gasteiger partial charge in [-0.15, -0.1) is 0 Å². The zero-order valence-electron chi connectivity index (χ0n) is 18.3. The third kappa shape index (κ3) is 5.34. The first-order valence-electron chi connectivity index (χ1n) is 10.9. The summed E-state index contributed by atoms with van der Waals surface area (Å²) in [6.45, 7) is 4.99. The van der Waals surface area contributed by atoms with Crippen LogP contribution in [0.1, 0.15) is 24.5 Å². The van der Waals surface area contributed by atoms with Gasteiger partial charge < -0.3 is 14.5 Å². The number of ether oxygens (including phenoxy) is 1. The Bertz CT molecular complexity index is 917. The smallest absolute Gasteiger partial charge is 0.236 e. The highest BCUT2D eigenvalue weighted by molar-refractivity contribution is 6.30. The molecule has 1 aromatic carbocycles. The van der Waals surface area contributed by atoms with Crippen LogP contribution in [-0.4, -0.2) is 85.7 Å². The van der Waals surface area contributed by atoms with Crippen LogP contribution in [0.5, 0.6) is 0 Å². The van der Waals surface area contributed by atoms with E-state index in [4.69, 9.17) is 21.3 Å². The summed E-state index contributed by atoms with van der Waals surface area (Å²) in [5, 5.41) is 0.686. The normalized spacial score (nSPS) is 20.0. The van der Waals surface area contributed by atoms with E-state index in [1.165, 1.54) is 0 Å². The molecule has 1 aromatic heterocycles. The molecule has 7 nitrogen and oxygen atoms in total. The molecular weight excluding hydrogens is 414 g/mol. The summed E-state index contributed by atoms with van der Waals surface area (Å²) in [7, 11) is 3.88. The first-order valence-corrected chi connectivity index (χ1v) is 11.3. The number of anilines is 1. The maximum absolute atomic E-state index is 13.0. The molecule has 1 atom stereocenters. The second-order valence-corrected chi connectivity index (χ2v) is 8.88. The molecule has 2 aliphatic heterocycles. The van der Waals surface area contributed by atoms with Crippen LogP contribution in [0.25, 0.3) is 11.1 Å². The van der Waals surface area contributed by atoms with Gasteiger partial charge >= 0.3 is 0 Å². The van der Waals surface area contributed by atoms with Gasteiger partial charge in [-0.3, -0.25) is 9.69 Å². The number of aromatic nitrogens is 2. The largest absolute Gasteiger partial charge is 0.379 e. The third-order valence-electron chi connectivity index (χ3n) is 5.96. The SMILES string of the molecule is CN(C)c1ncc(-c2cccc(Cl)c2)c(C2CCCN(C(=O)CN3CCOCC3)C2)n1. The van der Waals surface area contributed by atoms with E-state index in [0.717, 1.165) is 49.3 Å². The molecule has 2 saturated heterocycles. The van der Waals surface area contributed by atoms with Crippen molar-refractivity contribution in [3.05, 3.63) is 41.2 Å². The second-order valence-electron chi connectivity index (χ2n) is 8.44. The fourth-order valence-corrected chi connectivity index (χ4v) is 4.46. The van der Waals surface area contributed by atoms with Gasteiger partial charge in [0.1, 0.15) is 0 Å². The van der Waals surface area contributed by atoms with Gasteiger partial charge in [0.15, 0.2) is 0 Å². The number of nitrogens with zero attached hydrogens (tertiary/aromatic N) is 5. The quantitative estimate of drug-likeness (QED) is 0.708. The van der Waals surface area contributed by atoms with Crippen LogP contribution in [0.3, 0.4) is 0 Å². The number of likely N-dealkylation sites (tertiary alicyclic amines) is 1. The van der Waals surface area contributed by atoms with Crippen molar-refractivity contribution in [1.29, 1.82) is 0 Å². The second kappa shape index (κ2) is 9.94. The number of benzene rings is 1. The average molecular weight is 444 g/mol. The Morgan fingerprint density at radius 2 is 2.06 bits per heavy atom. The van der Waals surface area contributed by atoms with Crippen molar-refractivity contribution in [2.75, 3.05) is 64.9 Å². The maximum Gasteiger partial charge on any atom is 0.236 e. The Labute approximate surface area is 189 Å². The van der Waals surface area contributed by atoms with Gasteiger partial charge in [-0.25, -0.2) is 9.97 Å². The molecule has 1 unspecified atom stereocenters. The van der Waals surface area contributed by atoms with E-state index in [0.29, 0.717) is 37.3 Å². The molecule has 8 heteroatoms. The summed E-state index contributed by atoms with van der Waals surface area (Å²) in [6.07, 6.45) is 3.85. The highest BCUT2D eigenvalue weighted by atomic mass is 35.5. The number of halogens is 1. The maximum atomic E-state index is 13.0. The summed E-state index contributed by atoms with van der Waals surface area (Å²) in [5.41, 5.74) is 2.98. The molecule has 0 spiro atoms. The summed E-state index contributed by atoms with van der Waals surface area (Å²) in [6, 6.07) is 7.80. The number of piperidine rings is 1. The standard InChI is InChI=1S/C23H30ClN5O2/c1-27(2)23-25-14-20(17-5-3-7-19(24)13-17)22(26-23)18-6-4-8-29(15-18)21(30)16-28-9-11-31-12-10-28/h3,5,7,13-14,18H,4,6,8-12,15-16H2,1-2H3. The summed E-state index contributed by atoms with van der Waals surface area (Å²) in [4.78, 5) is 28.6. The van der Waals surface area contributed by atoms with Crippen LogP contribution < -0.4 is 4.90 Å². The Kier molecular flexibility index (Phi) is 7.05. The molecule has 3 heterocycles. The van der Waals surface area contributed by atoms with Gasteiger partial charge in [0.25, 0.3) is 0 Å². The van der Waals surface area contributed by atoms with E-state index in [1.54, 1.807) is 0 Å². The molecule has 0 aliphatic carbocycles. The van der Waals surface area contributed by atoms with Crippen LogP contribution in [0.4, 0.5) is 5.95 Å². The van der Waals surface area contributed by atoms with E-state index in [2.05, 4.69) is 9.88 Å². The van der Waals surface area contributed by atoms with Crippen LogP contribution >= 0.6 is 11.6 Å². The molecule has 4 rings (SSSR count). The highest BCUT2D eigenvalue weighted by Gasteiger charge is 2.29. The lowest BCUT2D eigenvalue weighted by Crippen LogP contribution is -2.47. The molecule has 2 fully saturated rings. The molecule has 0 N–H and O–H groups in total. The van der Waals surface area contributed by atoms with E-state index in [9.17, 15) is 4.79 Å². The lowest BCUT2D eigenvalue weighted by atomic mass is 9.90. The molecule has 0 bridgehead atoms. The molecule has 0 radical (unpaired) electrons. The molecule has 2 aromatic rings. The average Bonchev–Trinajstić information content (AvgIpc) is 2.79. The van der Waals surface area contributed by atoms with Crippen LogP contribution in [0.2, 0.25) is 5.02 Å². The number of morpholine rings is 1. The summed E-state index contributed by atoms with van der Waals surface area (Å²) in [5.74, 6) is 1.04. The molecule has 31 heavy (non-hydrogen) atoms. The minimum Gasteiger partial charge on any atom is -0.379 e. The summed E-state index contributed by atoms with van der Waals surface area (Å²) < 4.78 is 5.40. The van der Waals surface area contributed by atoms with E-state index in [-0.39, 0.29) is 11.8 Å². The van der Waals surface area contributed by atoms with E-state index < -0.39 is 0 Å². The first-order chi connectivity index (χ1) is 15.0. The van der Waals surface area contributed by atoms with E-state index >= 15 is 0 Å². The van der Waals surface area contributed by atoms with Crippen molar-refractivity contribution in [2.24, 2.45) is 0 Å². The van der Waals surface area contributed by atoms with Gasteiger partial charge in [0.05, 0.1) is 25.5 Å². The molecular formula is C23H30ClN5O2. The first kappa shape index (κ1) is 22.0. The minimum atomic E-state index is 0.165. The Morgan fingerprint density at radius 3 is 2.81 bits per heavy atom. The Hall–Kier alpha value is -2.22. The number of carbonyl (C=O) groups is 1. The summed E-state index contributed by atoms with van der Waals surface area (Å²) >= 11 is 6.26. The molecule has 2 aliphatic rings. The fraction of sp³-hybridized carbons (Fsp3) is 0.522. The van der Waals surface area contributed by atoms with Crippen molar-refractivity contribution in [1.82, 2.24) is 19.8 Å². The minimum absolute atomic E-state index is 0.165. The lowest BCUT2D eigenvalue weighted by Gasteiger charge is -2.35. The zero-order chi connectivity index (χ0) is 21.8. The highest BCUT2D eigenvalue weighted by Crippen LogP contribution is 2.34. The van der Waals surface area contributed by atoms with Crippen molar-refractivity contribution >= 4 is 23.5 Å². The Balaban J connectivity index is 1.58. The number of rotatable bonds is 5. The number of amides is 1. The van der Waals surface area contributed by atoms with Gasteiger partial charge in [-0.2, -0.15) is 0 Å².